The maximum Gasteiger partial charge on any atom is 0.0424 e. The van der Waals surface area contributed by atoms with Crippen molar-refractivity contribution in [3.63, 3.8) is 0 Å². The molecule has 2 saturated carbocycles. The quantitative estimate of drug-likeness (QED) is 0.842. The summed E-state index contributed by atoms with van der Waals surface area (Å²) in [7, 11) is 0. The number of halogens is 2. The molecule has 0 atom stereocenters. The summed E-state index contributed by atoms with van der Waals surface area (Å²) in [6.07, 6.45) is 5.63. The van der Waals surface area contributed by atoms with Gasteiger partial charge in [0.2, 0.25) is 0 Å². The maximum absolute atomic E-state index is 6.00. The Bertz CT molecular complexity index is 378. The molecule has 0 saturated heterocycles. The van der Waals surface area contributed by atoms with E-state index in [1.807, 2.05) is 12.1 Å². The van der Waals surface area contributed by atoms with E-state index < -0.39 is 0 Å². The van der Waals surface area contributed by atoms with Gasteiger partial charge in [-0.1, -0.05) is 23.2 Å². The Morgan fingerprint density at radius 3 is 2.00 bits per heavy atom. The number of rotatable bonds is 5. The van der Waals surface area contributed by atoms with E-state index in [4.69, 9.17) is 23.2 Å². The summed E-state index contributed by atoms with van der Waals surface area (Å²) < 4.78 is 0. The van der Waals surface area contributed by atoms with Crippen molar-refractivity contribution in [2.24, 2.45) is 11.8 Å². The third-order valence-electron chi connectivity index (χ3n) is 3.72. The van der Waals surface area contributed by atoms with E-state index in [0.717, 1.165) is 34.5 Å². The molecular weight excluding hydrogens is 253 g/mol. The van der Waals surface area contributed by atoms with Crippen LogP contribution in [0, 0.1) is 11.8 Å². The SMILES string of the molecule is Clc1cc(Cl)cc(CNC(C2CC2)C2CC2)c1. The molecule has 3 heteroatoms. The first-order chi connectivity index (χ1) is 8.22. The minimum atomic E-state index is 0.726. The van der Waals surface area contributed by atoms with Crippen LogP contribution in [0.3, 0.4) is 0 Å². The average molecular weight is 270 g/mol. The molecule has 1 aromatic rings. The second-order valence-electron chi connectivity index (χ2n) is 5.36. The van der Waals surface area contributed by atoms with E-state index in [-0.39, 0.29) is 0 Å². The molecule has 0 spiro atoms. The Hall–Kier alpha value is -0.240. The topological polar surface area (TPSA) is 12.0 Å². The van der Waals surface area contributed by atoms with Gasteiger partial charge >= 0.3 is 0 Å². The van der Waals surface area contributed by atoms with Gasteiger partial charge in [0.1, 0.15) is 0 Å². The van der Waals surface area contributed by atoms with Gasteiger partial charge in [0.25, 0.3) is 0 Å². The molecule has 1 aromatic carbocycles. The van der Waals surface area contributed by atoms with Crippen LogP contribution < -0.4 is 5.32 Å². The fourth-order valence-electron chi connectivity index (χ4n) is 2.58. The van der Waals surface area contributed by atoms with Crippen LogP contribution in [0.15, 0.2) is 18.2 Å². The summed E-state index contributed by atoms with van der Waals surface area (Å²) >= 11 is 12.0. The van der Waals surface area contributed by atoms with Crippen LogP contribution >= 0.6 is 23.2 Å². The van der Waals surface area contributed by atoms with Crippen molar-refractivity contribution in [2.45, 2.75) is 38.3 Å². The van der Waals surface area contributed by atoms with E-state index in [1.54, 1.807) is 6.07 Å². The Morgan fingerprint density at radius 1 is 1.00 bits per heavy atom. The molecule has 3 rings (SSSR count). The zero-order chi connectivity index (χ0) is 11.8. The van der Waals surface area contributed by atoms with Crippen molar-refractivity contribution in [3.05, 3.63) is 33.8 Å². The normalized spacial score (nSPS) is 19.9. The molecule has 0 bridgehead atoms. The number of nitrogens with one attached hydrogen (secondary N) is 1. The summed E-state index contributed by atoms with van der Waals surface area (Å²) in [5.41, 5.74) is 1.19. The lowest BCUT2D eigenvalue weighted by molar-refractivity contribution is 0.416. The summed E-state index contributed by atoms with van der Waals surface area (Å²) in [6.45, 7) is 0.887. The highest BCUT2D eigenvalue weighted by atomic mass is 35.5. The molecular formula is C14H17Cl2N. The molecule has 17 heavy (non-hydrogen) atoms. The fourth-order valence-corrected chi connectivity index (χ4v) is 3.15. The summed E-state index contributed by atoms with van der Waals surface area (Å²) in [6, 6.07) is 6.51. The lowest BCUT2D eigenvalue weighted by Crippen LogP contribution is -2.32. The largest absolute Gasteiger partial charge is 0.309 e. The second kappa shape index (κ2) is 4.79. The van der Waals surface area contributed by atoms with E-state index in [2.05, 4.69) is 5.32 Å². The van der Waals surface area contributed by atoms with Crippen molar-refractivity contribution in [1.29, 1.82) is 0 Å². The molecule has 1 nitrogen and oxygen atoms in total. The first-order valence-electron chi connectivity index (χ1n) is 6.41. The lowest BCUT2D eigenvalue weighted by Gasteiger charge is -2.17. The average Bonchev–Trinajstić information content (AvgIpc) is 3.12. The molecule has 2 fully saturated rings. The molecule has 0 heterocycles. The third-order valence-corrected chi connectivity index (χ3v) is 4.16. The minimum Gasteiger partial charge on any atom is -0.309 e. The van der Waals surface area contributed by atoms with Crippen molar-refractivity contribution in [1.82, 2.24) is 5.32 Å². The van der Waals surface area contributed by atoms with E-state index in [1.165, 1.54) is 31.2 Å². The van der Waals surface area contributed by atoms with E-state index in [9.17, 15) is 0 Å². The molecule has 2 aliphatic rings. The third kappa shape index (κ3) is 3.15. The van der Waals surface area contributed by atoms with Crippen LogP contribution in [0.1, 0.15) is 31.2 Å². The minimum absolute atomic E-state index is 0.726. The van der Waals surface area contributed by atoms with E-state index >= 15 is 0 Å². The second-order valence-corrected chi connectivity index (χ2v) is 6.23. The van der Waals surface area contributed by atoms with Gasteiger partial charge in [0.15, 0.2) is 0 Å². The zero-order valence-corrected chi connectivity index (χ0v) is 11.3. The van der Waals surface area contributed by atoms with Crippen LogP contribution in [0.2, 0.25) is 10.0 Å². The Kier molecular flexibility index (Phi) is 3.34. The highest BCUT2D eigenvalue weighted by Crippen LogP contribution is 2.44. The Morgan fingerprint density at radius 2 is 1.53 bits per heavy atom. The van der Waals surface area contributed by atoms with Gasteiger partial charge in [-0.3, -0.25) is 0 Å². The van der Waals surface area contributed by atoms with Crippen molar-refractivity contribution >= 4 is 23.2 Å². The van der Waals surface area contributed by atoms with Gasteiger partial charge in [-0.15, -0.1) is 0 Å². The fraction of sp³-hybridized carbons (Fsp3) is 0.571. The highest BCUT2D eigenvalue weighted by Gasteiger charge is 2.40. The van der Waals surface area contributed by atoms with Gasteiger partial charge in [0, 0.05) is 22.6 Å². The van der Waals surface area contributed by atoms with Crippen molar-refractivity contribution < 1.29 is 0 Å². The molecule has 0 aromatic heterocycles. The number of hydrogen-bond donors (Lipinski definition) is 1. The predicted molar refractivity (Wildman–Crippen MR) is 72.5 cm³/mol. The van der Waals surface area contributed by atoms with Gasteiger partial charge in [-0.2, -0.15) is 0 Å². The van der Waals surface area contributed by atoms with Crippen LogP contribution in [0.5, 0.6) is 0 Å². The standard InChI is InChI=1S/C14H17Cl2N/c15-12-5-9(6-13(16)7-12)8-17-14(10-1-2-10)11-3-4-11/h5-7,10-11,14,17H,1-4,8H2. The molecule has 0 radical (unpaired) electrons. The molecule has 0 aliphatic heterocycles. The Balaban J connectivity index is 1.61. The van der Waals surface area contributed by atoms with Crippen LogP contribution in [0.25, 0.3) is 0 Å². The monoisotopic (exact) mass is 269 g/mol. The van der Waals surface area contributed by atoms with Crippen LogP contribution in [-0.4, -0.2) is 6.04 Å². The van der Waals surface area contributed by atoms with Crippen molar-refractivity contribution in [3.8, 4) is 0 Å². The van der Waals surface area contributed by atoms with Crippen LogP contribution in [-0.2, 0) is 6.54 Å². The van der Waals surface area contributed by atoms with Gasteiger partial charge in [-0.25, -0.2) is 0 Å². The van der Waals surface area contributed by atoms with Crippen molar-refractivity contribution in [2.75, 3.05) is 0 Å². The molecule has 92 valence electrons. The molecule has 0 unspecified atom stereocenters. The highest BCUT2D eigenvalue weighted by molar-refractivity contribution is 6.34. The summed E-state index contributed by atoms with van der Waals surface area (Å²) in [5, 5.41) is 5.15. The van der Waals surface area contributed by atoms with Crippen LogP contribution in [0.4, 0.5) is 0 Å². The predicted octanol–water partition coefficient (Wildman–Crippen LogP) is 4.27. The molecule has 1 N–H and O–H groups in total. The maximum atomic E-state index is 6.00. The summed E-state index contributed by atoms with van der Waals surface area (Å²) in [5.74, 6) is 1.86. The Labute approximate surface area is 112 Å². The number of benzene rings is 1. The first kappa shape index (κ1) is 11.8. The van der Waals surface area contributed by atoms with Gasteiger partial charge in [-0.05, 0) is 61.3 Å². The summed E-state index contributed by atoms with van der Waals surface area (Å²) in [4.78, 5) is 0. The van der Waals surface area contributed by atoms with E-state index in [0.29, 0.717) is 0 Å². The van der Waals surface area contributed by atoms with Gasteiger partial charge < -0.3 is 5.32 Å². The van der Waals surface area contributed by atoms with Gasteiger partial charge in [0.05, 0.1) is 0 Å². The first-order valence-corrected chi connectivity index (χ1v) is 7.16. The zero-order valence-electron chi connectivity index (χ0n) is 9.76. The molecule has 2 aliphatic carbocycles. The number of hydrogen-bond acceptors (Lipinski definition) is 1. The lowest BCUT2D eigenvalue weighted by atomic mass is 10.1. The molecule has 0 amide bonds. The smallest absolute Gasteiger partial charge is 0.0424 e.